The maximum Gasteiger partial charge on any atom is 0.268 e. The lowest BCUT2D eigenvalue weighted by atomic mass is 10.1. The lowest BCUT2D eigenvalue weighted by molar-refractivity contribution is 0.584. The summed E-state index contributed by atoms with van der Waals surface area (Å²) in [5.74, 6) is -0.595. The molecule has 1 atom stereocenters. The van der Waals surface area contributed by atoms with Crippen LogP contribution in [0, 0.1) is 12.7 Å². The zero-order valence-electron chi connectivity index (χ0n) is 12.8. The van der Waals surface area contributed by atoms with Gasteiger partial charge in [0.25, 0.3) is 10.0 Å². The second-order valence-corrected chi connectivity index (χ2v) is 7.38. The molecule has 1 heterocycles. The van der Waals surface area contributed by atoms with Crippen LogP contribution in [0.15, 0.2) is 53.4 Å². The molecule has 120 valence electrons. The number of aromatic nitrogens is 1. The summed E-state index contributed by atoms with van der Waals surface area (Å²) in [7, 11) is -3.86. The van der Waals surface area contributed by atoms with Crippen LogP contribution in [-0.4, -0.2) is 12.4 Å². The highest BCUT2D eigenvalue weighted by molar-refractivity contribution is 7.90. The van der Waals surface area contributed by atoms with E-state index < -0.39 is 15.8 Å². The van der Waals surface area contributed by atoms with Gasteiger partial charge in [-0.15, -0.1) is 0 Å². The normalized spacial score (nSPS) is 13.4. The molecule has 2 N–H and O–H groups in total. The zero-order chi connectivity index (χ0) is 16.8. The van der Waals surface area contributed by atoms with E-state index in [9.17, 15) is 12.8 Å². The van der Waals surface area contributed by atoms with E-state index in [1.165, 1.54) is 18.2 Å². The van der Waals surface area contributed by atoms with Gasteiger partial charge in [0.1, 0.15) is 11.3 Å². The van der Waals surface area contributed by atoms with Crippen molar-refractivity contribution >= 4 is 20.9 Å². The second kappa shape index (κ2) is 5.47. The highest BCUT2D eigenvalue weighted by atomic mass is 32.2. The molecule has 0 saturated carbocycles. The number of hydrogen-bond acceptors (Lipinski definition) is 3. The fourth-order valence-electron chi connectivity index (χ4n) is 2.70. The summed E-state index contributed by atoms with van der Waals surface area (Å²) < 4.78 is 41.4. The molecule has 0 aliphatic carbocycles. The van der Waals surface area contributed by atoms with E-state index in [1.54, 1.807) is 44.2 Å². The molecule has 4 nitrogen and oxygen atoms in total. The van der Waals surface area contributed by atoms with Crippen molar-refractivity contribution in [1.82, 2.24) is 3.97 Å². The Hall–Kier alpha value is -2.18. The molecule has 0 saturated heterocycles. The average Bonchev–Trinajstić information content (AvgIpc) is 2.85. The third-order valence-electron chi connectivity index (χ3n) is 3.81. The van der Waals surface area contributed by atoms with Gasteiger partial charge in [0.15, 0.2) is 0 Å². The van der Waals surface area contributed by atoms with Crippen LogP contribution < -0.4 is 5.73 Å². The van der Waals surface area contributed by atoms with Gasteiger partial charge in [0, 0.05) is 17.1 Å². The highest BCUT2D eigenvalue weighted by Crippen LogP contribution is 2.29. The zero-order valence-corrected chi connectivity index (χ0v) is 13.6. The number of benzene rings is 2. The van der Waals surface area contributed by atoms with Gasteiger partial charge in [0.05, 0.1) is 4.90 Å². The highest BCUT2D eigenvalue weighted by Gasteiger charge is 2.23. The summed E-state index contributed by atoms with van der Waals surface area (Å²) in [4.78, 5) is 0.122. The molecule has 0 unspecified atom stereocenters. The van der Waals surface area contributed by atoms with E-state index in [1.807, 2.05) is 0 Å². The molecule has 0 bridgehead atoms. The molecule has 2 aromatic carbocycles. The first kappa shape index (κ1) is 15.7. The first-order valence-corrected chi connectivity index (χ1v) is 8.64. The molecule has 0 aliphatic rings. The SMILES string of the molecule is Cc1cc2cc([C@@H](C)N)cc(F)c2n1S(=O)(=O)c1ccccc1. The topological polar surface area (TPSA) is 65.1 Å². The molecule has 0 fully saturated rings. The largest absolute Gasteiger partial charge is 0.324 e. The summed E-state index contributed by atoms with van der Waals surface area (Å²) in [6, 6.07) is 12.3. The Morgan fingerprint density at radius 3 is 2.39 bits per heavy atom. The Labute approximate surface area is 134 Å². The predicted molar refractivity (Wildman–Crippen MR) is 88.3 cm³/mol. The van der Waals surface area contributed by atoms with Gasteiger partial charge in [-0.2, -0.15) is 0 Å². The Bertz CT molecular complexity index is 977. The first-order valence-electron chi connectivity index (χ1n) is 7.20. The van der Waals surface area contributed by atoms with E-state index in [2.05, 4.69) is 0 Å². The Morgan fingerprint density at radius 2 is 1.78 bits per heavy atom. The van der Waals surface area contributed by atoms with Crippen LogP contribution in [-0.2, 0) is 10.0 Å². The third-order valence-corrected chi connectivity index (χ3v) is 5.63. The summed E-state index contributed by atoms with van der Waals surface area (Å²) >= 11 is 0. The van der Waals surface area contributed by atoms with Crippen LogP contribution in [0.1, 0.15) is 24.2 Å². The maximum absolute atomic E-state index is 14.6. The van der Waals surface area contributed by atoms with Crippen molar-refractivity contribution in [1.29, 1.82) is 0 Å². The van der Waals surface area contributed by atoms with Crippen molar-refractivity contribution in [3.63, 3.8) is 0 Å². The summed E-state index contributed by atoms with van der Waals surface area (Å²) in [6.45, 7) is 3.40. The van der Waals surface area contributed by atoms with Gasteiger partial charge in [-0.3, -0.25) is 0 Å². The van der Waals surface area contributed by atoms with Crippen LogP contribution in [0.3, 0.4) is 0 Å². The Balaban J connectivity index is 2.33. The van der Waals surface area contributed by atoms with Gasteiger partial charge in [0.2, 0.25) is 0 Å². The standard InChI is InChI=1S/C17H17FN2O2S/c1-11-8-14-9-13(12(2)19)10-16(18)17(14)20(11)23(21,22)15-6-4-3-5-7-15/h3-10,12H,19H2,1-2H3/t12-/m1/s1. The lowest BCUT2D eigenvalue weighted by Gasteiger charge is -2.11. The molecular formula is C17H17FN2O2S. The Kier molecular flexibility index (Phi) is 3.74. The minimum atomic E-state index is -3.86. The van der Waals surface area contributed by atoms with E-state index >= 15 is 0 Å². The number of nitrogens with zero attached hydrogens (tertiary/aromatic N) is 1. The third kappa shape index (κ3) is 2.54. The van der Waals surface area contributed by atoms with Crippen LogP contribution in [0.4, 0.5) is 4.39 Å². The molecule has 0 spiro atoms. The number of aryl methyl sites for hydroxylation is 1. The fraction of sp³-hybridized carbons (Fsp3) is 0.176. The van der Waals surface area contributed by atoms with E-state index in [4.69, 9.17) is 5.73 Å². The fourth-order valence-corrected chi connectivity index (χ4v) is 4.27. The molecule has 0 amide bonds. The van der Waals surface area contributed by atoms with Gasteiger partial charge in [-0.05, 0) is 49.7 Å². The van der Waals surface area contributed by atoms with Gasteiger partial charge in [-0.25, -0.2) is 16.8 Å². The molecule has 3 rings (SSSR count). The molecule has 3 aromatic rings. The van der Waals surface area contributed by atoms with E-state index in [0.717, 1.165) is 3.97 Å². The van der Waals surface area contributed by atoms with Crippen LogP contribution in [0.25, 0.3) is 10.9 Å². The van der Waals surface area contributed by atoms with Crippen LogP contribution in [0.2, 0.25) is 0 Å². The molecule has 0 aliphatic heterocycles. The monoisotopic (exact) mass is 332 g/mol. The maximum atomic E-state index is 14.6. The minimum Gasteiger partial charge on any atom is -0.324 e. The molecule has 1 aromatic heterocycles. The van der Waals surface area contributed by atoms with Gasteiger partial charge >= 0.3 is 0 Å². The number of fused-ring (bicyclic) bond motifs is 1. The quantitative estimate of drug-likeness (QED) is 0.800. The summed E-state index contributed by atoms with van der Waals surface area (Å²) in [5.41, 5.74) is 6.93. The van der Waals surface area contributed by atoms with Crippen molar-refractivity contribution in [3.8, 4) is 0 Å². The molecule has 6 heteroatoms. The van der Waals surface area contributed by atoms with E-state index in [0.29, 0.717) is 16.6 Å². The number of nitrogens with two attached hydrogens (primary N) is 1. The van der Waals surface area contributed by atoms with Gasteiger partial charge in [-0.1, -0.05) is 18.2 Å². The van der Waals surface area contributed by atoms with Crippen molar-refractivity contribution in [2.24, 2.45) is 5.73 Å². The average molecular weight is 332 g/mol. The lowest BCUT2D eigenvalue weighted by Crippen LogP contribution is -2.15. The second-order valence-electron chi connectivity index (χ2n) is 5.60. The number of rotatable bonds is 3. The van der Waals surface area contributed by atoms with Crippen LogP contribution >= 0.6 is 0 Å². The first-order chi connectivity index (χ1) is 10.8. The summed E-state index contributed by atoms with van der Waals surface area (Å²) in [6.07, 6.45) is 0. The predicted octanol–water partition coefficient (Wildman–Crippen LogP) is 3.35. The number of hydrogen-bond donors (Lipinski definition) is 1. The molecule has 23 heavy (non-hydrogen) atoms. The molecule has 0 radical (unpaired) electrons. The Morgan fingerprint density at radius 1 is 1.13 bits per heavy atom. The van der Waals surface area contributed by atoms with Crippen LogP contribution in [0.5, 0.6) is 0 Å². The van der Waals surface area contributed by atoms with Crippen molar-refractivity contribution in [2.45, 2.75) is 24.8 Å². The van der Waals surface area contributed by atoms with E-state index in [-0.39, 0.29) is 16.5 Å². The number of halogens is 1. The van der Waals surface area contributed by atoms with Crippen molar-refractivity contribution in [3.05, 3.63) is 65.6 Å². The smallest absolute Gasteiger partial charge is 0.268 e. The van der Waals surface area contributed by atoms with Crippen molar-refractivity contribution < 1.29 is 12.8 Å². The van der Waals surface area contributed by atoms with Crippen molar-refractivity contribution in [2.75, 3.05) is 0 Å². The summed E-state index contributed by atoms with van der Waals surface area (Å²) in [5, 5.41) is 0.523. The molecular weight excluding hydrogens is 315 g/mol. The minimum absolute atomic E-state index is 0.0516. The van der Waals surface area contributed by atoms with Gasteiger partial charge < -0.3 is 5.73 Å².